The number of carbonyl (C=O) groups is 4. The Morgan fingerprint density at radius 3 is 1.23 bits per heavy atom. The molecule has 10 rings (SSSR count). The van der Waals surface area contributed by atoms with Gasteiger partial charge in [-0.1, -0.05) is 83.2 Å². The molecule has 2 aliphatic carbocycles. The van der Waals surface area contributed by atoms with Crippen molar-refractivity contribution in [1.29, 1.82) is 0 Å². The Bertz CT molecular complexity index is 2420. The number of ketones is 2. The second-order valence-electron chi connectivity index (χ2n) is 19.4. The maximum atomic E-state index is 12.9. The highest BCUT2D eigenvalue weighted by molar-refractivity contribution is 7.99. The Morgan fingerprint density at radius 1 is 0.485 bits per heavy atom. The van der Waals surface area contributed by atoms with Gasteiger partial charge < -0.3 is 19.3 Å². The molecule has 0 unspecified atom stereocenters. The third-order valence-corrected chi connectivity index (χ3v) is 17.3. The van der Waals surface area contributed by atoms with Crippen molar-refractivity contribution in [3.05, 3.63) is 129 Å². The van der Waals surface area contributed by atoms with Crippen LogP contribution in [0.3, 0.4) is 0 Å². The molecule has 0 amide bonds. The number of fused-ring (bicyclic) bond motifs is 4. The first-order valence-corrected chi connectivity index (χ1v) is 25.9. The van der Waals surface area contributed by atoms with Crippen LogP contribution in [0.4, 0.5) is 0 Å². The number of esters is 2. The smallest absolute Gasteiger partial charge is 0.417 e. The lowest BCUT2D eigenvalue weighted by Gasteiger charge is -2.36. The van der Waals surface area contributed by atoms with Gasteiger partial charge in [-0.05, 0) is 173 Å². The van der Waals surface area contributed by atoms with Crippen molar-refractivity contribution in [2.24, 2.45) is 11.8 Å². The molecule has 4 aromatic rings. The lowest BCUT2D eigenvalue weighted by molar-refractivity contribution is -0.176. The van der Waals surface area contributed by atoms with Gasteiger partial charge in [0.05, 0.1) is 0 Å². The lowest BCUT2D eigenvalue weighted by Crippen LogP contribution is -2.38. The molecule has 8 nitrogen and oxygen atoms in total. The maximum absolute atomic E-state index is 12.9. The van der Waals surface area contributed by atoms with Gasteiger partial charge in [-0.15, -0.1) is 0 Å². The highest BCUT2D eigenvalue weighted by atomic mass is 32.2. The monoisotopic (exact) mass is 920 g/mol. The van der Waals surface area contributed by atoms with Crippen LogP contribution in [0.1, 0.15) is 134 Å². The molecule has 4 aliphatic heterocycles. The third kappa shape index (κ3) is 9.80. The van der Waals surface area contributed by atoms with Gasteiger partial charge in [0.15, 0.2) is 11.6 Å². The van der Waals surface area contributed by atoms with Gasteiger partial charge >= 0.3 is 11.9 Å². The molecule has 342 valence electrons. The van der Waals surface area contributed by atoms with Gasteiger partial charge in [0.1, 0.15) is 12.2 Å². The van der Waals surface area contributed by atoms with Crippen LogP contribution in [0, 0.1) is 11.8 Å². The van der Waals surface area contributed by atoms with Crippen LogP contribution in [-0.4, -0.2) is 84.8 Å². The van der Waals surface area contributed by atoms with E-state index in [0.29, 0.717) is 11.8 Å². The molecule has 2 saturated heterocycles. The number of ether oxygens (including phenoxy) is 2. The van der Waals surface area contributed by atoms with Crippen LogP contribution in [0.15, 0.2) is 116 Å². The number of likely N-dealkylation sites (tertiary alicyclic amines) is 2. The van der Waals surface area contributed by atoms with Crippen molar-refractivity contribution in [2.75, 3.05) is 39.3 Å². The van der Waals surface area contributed by atoms with Crippen LogP contribution in [0.25, 0.3) is 11.1 Å². The van der Waals surface area contributed by atoms with Gasteiger partial charge in [-0.2, -0.15) is 0 Å². The molecule has 4 aromatic carbocycles. The summed E-state index contributed by atoms with van der Waals surface area (Å²) in [4.78, 5) is 60.7. The number of nitrogens with zero attached hydrogens (tertiary/aromatic N) is 2. The van der Waals surface area contributed by atoms with Gasteiger partial charge in [-0.25, -0.2) is 9.59 Å². The van der Waals surface area contributed by atoms with Crippen LogP contribution >= 0.6 is 23.5 Å². The molecular formula is C56H60N2O6S2. The average molecular weight is 921 g/mol. The summed E-state index contributed by atoms with van der Waals surface area (Å²) in [7, 11) is 0. The first-order valence-electron chi connectivity index (χ1n) is 24.3. The highest BCUT2D eigenvalue weighted by Crippen LogP contribution is 2.50. The normalized spacial score (nSPS) is 23.2. The lowest BCUT2D eigenvalue weighted by atomic mass is 9.85. The predicted molar refractivity (Wildman–Crippen MR) is 261 cm³/mol. The Hall–Kier alpha value is -4.74. The minimum Gasteiger partial charge on any atom is -0.454 e. The van der Waals surface area contributed by atoms with Crippen LogP contribution < -0.4 is 0 Å². The van der Waals surface area contributed by atoms with Crippen molar-refractivity contribution in [3.63, 3.8) is 0 Å². The predicted octanol–water partition coefficient (Wildman–Crippen LogP) is 11.7. The van der Waals surface area contributed by atoms with Gasteiger partial charge in [0, 0.05) is 70.0 Å². The van der Waals surface area contributed by atoms with Crippen molar-refractivity contribution >= 4 is 58.2 Å². The largest absolute Gasteiger partial charge is 0.454 e. The highest BCUT2D eigenvalue weighted by Gasteiger charge is 2.34. The maximum Gasteiger partial charge on any atom is 0.417 e. The fraction of sp³-hybridized carbons (Fsp3) is 0.429. The zero-order valence-corrected chi connectivity index (χ0v) is 39.9. The number of benzene rings is 4. The fourth-order valence-corrected chi connectivity index (χ4v) is 13.5. The van der Waals surface area contributed by atoms with E-state index in [-0.39, 0.29) is 23.8 Å². The topological polar surface area (TPSA) is 93.2 Å². The standard InChI is InChI=1S/C56H60N2O6S2/c1-35(59)41-15-21-51-47(31-41)53(45-7-3-5-9-49(45)65-51)39-23-27-57(28-24-39)33-37-11-17-43(18-12-37)63-55(61)56(62)64-44-19-13-38(14-20-44)34-58-29-25-40(26-30-58)54-46-8-4-6-10-50(46)66-52-22-16-42(36(2)60)32-48(52)54/h3-10,15-16,21-22,31-32,37-38,43-44H,11-14,17-20,23-30,33-34H2,1-2H3. The van der Waals surface area contributed by atoms with Crippen molar-refractivity contribution < 1.29 is 28.7 Å². The number of rotatable bonds is 8. The summed E-state index contributed by atoms with van der Waals surface area (Å²) in [5.41, 5.74) is 12.0. The molecule has 0 atom stereocenters. The van der Waals surface area contributed by atoms with Gasteiger partial charge in [0.2, 0.25) is 0 Å². The number of Topliss-reactive ketones (excluding diaryl/α,β-unsaturated/α-hetero) is 2. The SMILES string of the molecule is CC(=O)c1ccc2c(c1)C(=C1CCN(CC3CCC(OC(=O)C(=O)OC4CCC(CN5CCC(=C6c7ccccc7Sc7ccc(C(C)=O)cc76)CC5)CC4)CC3)CC1)c1ccccc1S2. The number of carbonyl (C=O) groups excluding carboxylic acids is 4. The summed E-state index contributed by atoms with van der Waals surface area (Å²) < 4.78 is 11.5. The second kappa shape index (κ2) is 19.8. The summed E-state index contributed by atoms with van der Waals surface area (Å²) in [5.74, 6) is -0.405. The summed E-state index contributed by atoms with van der Waals surface area (Å²) in [5, 5.41) is 0. The molecule has 0 spiro atoms. The third-order valence-electron chi connectivity index (χ3n) is 15.0. The number of hydrogen-bond donors (Lipinski definition) is 0. The Labute approximate surface area is 398 Å². The Kier molecular flexibility index (Phi) is 13.6. The summed E-state index contributed by atoms with van der Waals surface area (Å²) in [6, 6.07) is 29.6. The molecule has 66 heavy (non-hydrogen) atoms. The summed E-state index contributed by atoms with van der Waals surface area (Å²) >= 11 is 3.59. The molecule has 6 aliphatic rings. The molecule has 0 bridgehead atoms. The van der Waals surface area contributed by atoms with Crippen LogP contribution in [0.5, 0.6) is 0 Å². The van der Waals surface area contributed by atoms with E-state index in [2.05, 4.69) is 82.6 Å². The first-order chi connectivity index (χ1) is 32.1. The van der Waals surface area contributed by atoms with E-state index in [1.54, 1.807) is 37.4 Å². The molecule has 4 heterocycles. The minimum atomic E-state index is -0.839. The zero-order valence-electron chi connectivity index (χ0n) is 38.3. The molecule has 0 aromatic heterocycles. The van der Waals surface area contributed by atoms with Crippen LogP contribution in [-0.2, 0) is 19.1 Å². The van der Waals surface area contributed by atoms with E-state index in [4.69, 9.17) is 9.47 Å². The average Bonchev–Trinajstić information content (AvgIpc) is 3.34. The molecule has 10 heteroatoms. The van der Waals surface area contributed by atoms with Crippen molar-refractivity contribution in [2.45, 2.75) is 123 Å². The second-order valence-corrected chi connectivity index (χ2v) is 21.6. The molecule has 2 saturated carbocycles. The first kappa shape index (κ1) is 45.1. The summed E-state index contributed by atoms with van der Waals surface area (Å²) in [6.45, 7) is 9.38. The quantitative estimate of drug-likeness (QED) is 0.0835. The van der Waals surface area contributed by atoms with Crippen molar-refractivity contribution in [1.82, 2.24) is 9.80 Å². The van der Waals surface area contributed by atoms with Gasteiger partial charge in [0.25, 0.3) is 0 Å². The van der Waals surface area contributed by atoms with Gasteiger partial charge in [-0.3, -0.25) is 9.59 Å². The molecule has 0 N–H and O–H groups in total. The number of piperidine rings is 2. The van der Waals surface area contributed by atoms with E-state index in [0.717, 1.165) is 127 Å². The van der Waals surface area contributed by atoms with E-state index in [1.807, 2.05) is 12.1 Å². The fourth-order valence-electron chi connectivity index (χ4n) is 11.4. The molecule has 0 radical (unpaired) electrons. The van der Waals surface area contributed by atoms with E-state index < -0.39 is 11.9 Å². The van der Waals surface area contributed by atoms with E-state index in [9.17, 15) is 19.2 Å². The van der Waals surface area contributed by atoms with E-state index in [1.165, 1.54) is 64.1 Å². The zero-order chi connectivity index (χ0) is 45.3. The molecule has 4 fully saturated rings. The van der Waals surface area contributed by atoms with Crippen molar-refractivity contribution in [3.8, 4) is 0 Å². The van der Waals surface area contributed by atoms with E-state index >= 15 is 0 Å². The number of hydrogen-bond acceptors (Lipinski definition) is 10. The minimum absolute atomic E-state index is 0.0949. The molecular weight excluding hydrogens is 861 g/mol. The van der Waals surface area contributed by atoms with Crippen LogP contribution in [0.2, 0.25) is 0 Å². The Morgan fingerprint density at radius 2 is 0.848 bits per heavy atom. The summed E-state index contributed by atoms with van der Waals surface area (Å²) in [6.07, 6.45) is 10.6. The Balaban J connectivity index is 0.652.